The molecule has 0 aromatic carbocycles. The van der Waals surface area contributed by atoms with Crippen LogP contribution in [0.1, 0.15) is 59.8 Å². The van der Waals surface area contributed by atoms with Crippen molar-refractivity contribution in [2.24, 2.45) is 17.6 Å². The molecule has 0 unspecified atom stereocenters. The average molecular weight is 343 g/mol. The predicted octanol–water partition coefficient (Wildman–Crippen LogP) is 1.26. The van der Waals surface area contributed by atoms with Crippen LogP contribution in [0.3, 0.4) is 0 Å². The molecule has 0 saturated heterocycles. The fraction of sp³-hybridized carbons (Fsp3) is 0.824. The molecule has 2 amide bonds. The molecule has 140 valence electrons. The lowest BCUT2D eigenvalue weighted by Crippen LogP contribution is -2.41. The van der Waals surface area contributed by atoms with Gasteiger partial charge >= 0.3 is 5.97 Å². The van der Waals surface area contributed by atoms with Crippen LogP contribution in [-0.4, -0.2) is 41.5 Å². The normalized spacial score (nSPS) is 13.8. The zero-order chi connectivity index (χ0) is 18.7. The Kier molecular flexibility index (Phi) is 11.0. The summed E-state index contributed by atoms with van der Waals surface area (Å²) >= 11 is 0. The molecule has 0 bridgehead atoms. The minimum atomic E-state index is -0.848. The van der Waals surface area contributed by atoms with E-state index in [2.05, 4.69) is 10.6 Å². The van der Waals surface area contributed by atoms with E-state index in [0.717, 1.165) is 6.42 Å². The van der Waals surface area contributed by atoms with E-state index in [9.17, 15) is 14.4 Å². The second-order valence-corrected chi connectivity index (χ2v) is 6.85. The molecule has 7 nitrogen and oxygen atoms in total. The van der Waals surface area contributed by atoms with Crippen molar-refractivity contribution in [1.82, 2.24) is 10.6 Å². The molecule has 0 rings (SSSR count). The maximum atomic E-state index is 12.2. The van der Waals surface area contributed by atoms with E-state index >= 15 is 0 Å². The van der Waals surface area contributed by atoms with Crippen molar-refractivity contribution in [3.8, 4) is 0 Å². The molecular formula is C17H33N3O4. The Hall–Kier alpha value is -1.63. The number of unbranched alkanes of at least 4 members (excludes halogenated alkanes) is 1. The number of carbonyl (C=O) groups is 3. The number of carboxylic acids is 1. The number of hydrogen-bond donors (Lipinski definition) is 4. The number of carboxylic acid groups (broad SMARTS) is 1. The summed E-state index contributed by atoms with van der Waals surface area (Å²) in [6.45, 7) is 8.22. The van der Waals surface area contributed by atoms with Gasteiger partial charge in [-0.2, -0.15) is 0 Å². The molecule has 0 aromatic rings. The van der Waals surface area contributed by atoms with Crippen LogP contribution in [0.25, 0.3) is 0 Å². The maximum absolute atomic E-state index is 12.2. The second kappa shape index (κ2) is 11.8. The molecule has 24 heavy (non-hydrogen) atoms. The fourth-order valence-corrected chi connectivity index (χ4v) is 2.56. The number of aliphatic carboxylic acids is 1. The Morgan fingerprint density at radius 3 is 2.12 bits per heavy atom. The summed E-state index contributed by atoms with van der Waals surface area (Å²) in [5, 5.41) is 15.0. The number of nitrogens with one attached hydrogen (secondary N) is 2. The summed E-state index contributed by atoms with van der Waals surface area (Å²) in [7, 11) is 0. The third-order valence-corrected chi connectivity index (χ3v) is 3.89. The largest absolute Gasteiger partial charge is 0.480 e. The van der Waals surface area contributed by atoms with Gasteiger partial charge < -0.3 is 21.5 Å². The van der Waals surface area contributed by atoms with Gasteiger partial charge in [0.25, 0.3) is 0 Å². The van der Waals surface area contributed by atoms with Gasteiger partial charge in [0.1, 0.15) is 6.04 Å². The van der Waals surface area contributed by atoms with Crippen LogP contribution in [0.2, 0.25) is 0 Å². The lowest BCUT2D eigenvalue weighted by Gasteiger charge is -2.20. The highest BCUT2D eigenvalue weighted by Crippen LogP contribution is 2.17. The zero-order valence-electron chi connectivity index (χ0n) is 15.3. The number of nitrogens with two attached hydrogens (primary N) is 1. The van der Waals surface area contributed by atoms with Gasteiger partial charge in [-0.1, -0.05) is 27.7 Å². The van der Waals surface area contributed by atoms with Gasteiger partial charge in [-0.3, -0.25) is 14.4 Å². The smallest absolute Gasteiger partial charge is 0.320 e. The summed E-state index contributed by atoms with van der Waals surface area (Å²) in [5.74, 6) is -1.41. The van der Waals surface area contributed by atoms with Gasteiger partial charge in [-0.15, -0.1) is 0 Å². The molecule has 0 saturated carbocycles. The van der Waals surface area contributed by atoms with Gasteiger partial charge in [0.05, 0.1) is 0 Å². The Labute approximate surface area is 144 Å². The summed E-state index contributed by atoms with van der Waals surface area (Å²) in [5.41, 5.74) is 5.14. The van der Waals surface area contributed by atoms with E-state index in [1.807, 2.05) is 27.7 Å². The quantitative estimate of drug-likeness (QED) is 0.375. The lowest BCUT2D eigenvalue weighted by molar-refractivity contribution is -0.140. The first-order valence-electron chi connectivity index (χ1n) is 8.70. The molecule has 2 atom stereocenters. The monoisotopic (exact) mass is 343 g/mol. The summed E-state index contributed by atoms with van der Waals surface area (Å²) in [4.78, 5) is 34.2. The van der Waals surface area contributed by atoms with Crippen LogP contribution in [-0.2, 0) is 14.4 Å². The maximum Gasteiger partial charge on any atom is 0.320 e. The topological polar surface area (TPSA) is 122 Å². The van der Waals surface area contributed by atoms with Crippen molar-refractivity contribution < 1.29 is 19.5 Å². The lowest BCUT2D eigenvalue weighted by atomic mass is 9.90. The molecule has 0 aromatic heterocycles. The first-order valence-corrected chi connectivity index (χ1v) is 8.70. The van der Waals surface area contributed by atoms with Crippen molar-refractivity contribution in [2.75, 3.05) is 6.54 Å². The molecular weight excluding hydrogens is 310 g/mol. The van der Waals surface area contributed by atoms with Gasteiger partial charge in [0.2, 0.25) is 11.8 Å². The van der Waals surface area contributed by atoms with Crippen molar-refractivity contribution >= 4 is 17.8 Å². The summed E-state index contributed by atoms with van der Waals surface area (Å²) in [6, 6.07) is -0.442. The number of hydrogen-bond acceptors (Lipinski definition) is 4. The highest BCUT2D eigenvalue weighted by molar-refractivity contribution is 5.80. The first kappa shape index (κ1) is 22.4. The Bertz CT molecular complexity index is 411. The molecule has 0 spiro atoms. The minimum Gasteiger partial charge on any atom is -0.480 e. The molecule has 7 heteroatoms. The van der Waals surface area contributed by atoms with Crippen molar-refractivity contribution in [1.29, 1.82) is 0 Å². The van der Waals surface area contributed by atoms with E-state index < -0.39 is 17.9 Å². The average Bonchev–Trinajstić information content (AvgIpc) is 2.44. The first-order chi connectivity index (χ1) is 11.1. The minimum absolute atomic E-state index is 0.0682. The van der Waals surface area contributed by atoms with Gasteiger partial charge in [0, 0.05) is 24.9 Å². The molecule has 0 fully saturated rings. The fourth-order valence-electron chi connectivity index (χ4n) is 2.56. The Morgan fingerprint density at radius 1 is 1.04 bits per heavy atom. The van der Waals surface area contributed by atoms with E-state index in [1.165, 1.54) is 0 Å². The van der Waals surface area contributed by atoms with Gasteiger partial charge in [0.15, 0.2) is 0 Å². The molecule has 5 N–H and O–H groups in total. The summed E-state index contributed by atoms with van der Waals surface area (Å²) < 4.78 is 0. The van der Waals surface area contributed by atoms with E-state index in [0.29, 0.717) is 25.8 Å². The van der Waals surface area contributed by atoms with E-state index in [4.69, 9.17) is 10.8 Å². The van der Waals surface area contributed by atoms with Gasteiger partial charge in [-0.25, -0.2) is 0 Å². The second-order valence-electron chi connectivity index (χ2n) is 6.85. The number of amides is 2. The van der Waals surface area contributed by atoms with Crippen molar-refractivity contribution in [3.05, 3.63) is 0 Å². The highest BCUT2D eigenvalue weighted by atomic mass is 16.4. The predicted molar refractivity (Wildman–Crippen MR) is 93.3 cm³/mol. The molecule has 0 radical (unpaired) electrons. The number of carbonyl (C=O) groups excluding carboxylic acids is 2. The third kappa shape index (κ3) is 10.2. The number of primary amides is 1. The highest BCUT2D eigenvalue weighted by Gasteiger charge is 2.22. The van der Waals surface area contributed by atoms with Crippen molar-refractivity contribution in [3.63, 3.8) is 0 Å². The van der Waals surface area contributed by atoms with E-state index in [1.54, 1.807) is 0 Å². The van der Waals surface area contributed by atoms with Crippen LogP contribution in [0, 0.1) is 11.8 Å². The van der Waals surface area contributed by atoms with Crippen molar-refractivity contribution in [2.45, 2.75) is 71.9 Å². The zero-order valence-corrected chi connectivity index (χ0v) is 15.3. The Morgan fingerprint density at radius 2 is 1.67 bits per heavy atom. The van der Waals surface area contributed by atoms with Gasteiger partial charge in [-0.05, 0) is 31.6 Å². The van der Waals surface area contributed by atoms with Crippen LogP contribution < -0.4 is 16.4 Å². The van der Waals surface area contributed by atoms with Crippen LogP contribution in [0.4, 0.5) is 0 Å². The Balaban J connectivity index is 4.13. The standard InChI is InChI=1S/C17H33N3O4/c1-11(2)13(8-9-15(18)21)16(22)19-10-6-5-7-14(17(23)24)20-12(3)4/h11-14,20H,5-10H2,1-4H3,(H2,18,21)(H,19,22)(H,23,24)/t13-,14-/m0/s1. The summed E-state index contributed by atoms with van der Waals surface area (Å²) in [6.07, 6.45) is 2.62. The molecule has 0 aliphatic heterocycles. The molecule has 0 heterocycles. The number of rotatable bonds is 13. The molecule has 0 aliphatic rings. The third-order valence-electron chi connectivity index (χ3n) is 3.89. The SMILES string of the molecule is CC(C)N[C@@H](CCCCNC(=O)[C@@H](CCC(N)=O)C(C)C)C(=O)O. The van der Waals surface area contributed by atoms with E-state index in [-0.39, 0.29) is 30.2 Å². The van der Waals surface area contributed by atoms with Crippen LogP contribution in [0.5, 0.6) is 0 Å². The van der Waals surface area contributed by atoms with Crippen LogP contribution in [0.15, 0.2) is 0 Å². The molecule has 0 aliphatic carbocycles. The van der Waals surface area contributed by atoms with Crippen LogP contribution >= 0.6 is 0 Å².